The van der Waals surface area contributed by atoms with Crippen molar-refractivity contribution in [1.82, 2.24) is 4.90 Å². The molecule has 98 valence electrons. The average Bonchev–Trinajstić information content (AvgIpc) is 2.47. The van der Waals surface area contributed by atoms with Gasteiger partial charge in [0, 0.05) is 18.3 Å². The van der Waals surface area contributed by atoms with Gasteiger partial charge in [0.2, 0.25) is 5.91 Å². The summed E-state index contributed by atoms with van der Waals surface area (Å²) in [4.78, 5) is 35.1. The molecule has 19 heavy (non-hydrogen) atoms. The molecule has 0 radical (unpaired) electrons. The number of aliphatic carboxylic acids is 1. The summed E-state index contributed by atoms with van der Waals surface area (Å²) in [5, 5.41) is 11.7. The number of carboxylic acids is 1. The van der Waals surface area contributed by atoms with Gasteiger partial charge in [0.25, 0.3) is 0 Å². The molecule has 0 spiro atoms. The zero-order valence-electron chi connectivity index (χ0n) is 10.2. The fourth-order valence-corrected chi connectivity index (χ4v) is 2.03. The van der Waals surface area contributed by atoms with Crippen LogP contribution in [-0.2, 0) is 14.4 Å². The van der Waals surface area contributed by atoms with E-state index in [-0.39, 0.29) is 12.1 Å². The van der Waals surface area contributed by atoms with Crippen LogP contribution in [0, 0.1) is 0 Å². The van der Waals surface area contributed by atoms with Gasteiger partial charge in [-0.15, -0.1) is 0 Å². The van der Waals surface area contributed by atoms with Crippen LogP contribution < -0.4 is 5.32 Å². The van der Waals surface area contributed by atoms with Crippen LogP contribution in [0.1, 0.15) is 12.0 Å². The molecule has 1 unspecified atom stereocenters. The van der Waals surface area contributed by atoms with Crippen LogP contribution >= 0.6 is 0 Å². The number of benzene rings is 1. The van der Waals surface area contributed by atoms with E-state index in [2.05, 4.69) is 5.32 Å². The molecular weight excluding hydrogens is 248 g/mol. The standard InChI is InChI=1S/C13H12N2O4/c1-15-11(7-16)8-4-2-3-5-9(8)14-10(13(15)19)6-12(17)18/h2-5,10,14H,6H2,1H3,(H,17,18). The molecule has 0 saturated heterocycles. The summed E-state index contributed by atoms with van der Waals surface area (Å²) in [6.07, 6.45) is -0.357. The van der Waals surface area contributed by atoms with Crippen molar-refractivity contribution in [1.29, 1.82) is 0 Å². The third-order valence-corrected chi connectivity index (χ3v) is 2.95. The van der Waals surface area contributed by atoms with E-state index in [0.29, 0.717) is 11.3 Å². The summed E-state index contributed by atoms with van der Waals surface area (Å²) in [6, 6.07) is 5.92. The maximum atomic E-state index is 12.1. The number of nitrogens with one attached hydrogen (secondary N) is 1. The molecule has 2 N–H and O–H groups in total. The summed E-state index contributed by atoms with van der Waals surface area (Å²) >= 11 is 0. The molecule has 6 nitrogen and oxygen atoms in total. The fraction of sp³-hybridized carbons (Fsp3) is 0.231. The smallest absolute Gasteiger partial charge is 0.305 e. The van der Waals surface area contributed by atoms with Crippen molar-refractivity contribution in [3.8, 4) is 0 Å². The van der Waals surface area contributed by atoms with Gasteiger partial charge in [0.15, 0.2) is 5.94 Å². The van der Waals surface area contributed by atoms with E-state index < -0.39 is 17.9 Å². The van der Waals surface area contributed by atoms with Crippen LogP contribution in [0.2, 0.25) is 0 Å². The van der Waals surface area contributed by atoms with E-state index in [9.17, 15) is 14.4 Å². The van der Waals surface area contributed by atoms with E-state index >= 15 is 0 Å². The Balaban J connectivity index is 2.52. The maximum Gasteiger partial charge on any atom is 0.305 e. The van der Waals surface area contributed by atoms with Crippen LogP contribution in [0.5, 0.6) is 0 Å². The number of amides is 1. The predicted molar refractivity (Wildman–Crippen MR) is 68.0 cm³/mol. The van der Waals surface area contributed by atoms with E-state index in [0.717, 1.165) is 4.90 Å². The molecule has 0 fully saturated rings. The van der Waals surface area contributed by atoms with E-state index in [4.69, 9.17) is 5.11 Å². The highest BCUT2D eigenvalue weighted by molar-refractivity contribution is 6.04. The van der Waals surface area contributed by atoms with Crippen LogP contribution in [0.4, 0.5) is 5.69 Å². The third kappa shape index (κ3) is 2.34. The summed E-state index contributed by atoms with van der Waals surface area (Å²) in [6.45, 7) is 0. The molecule has 2 rings (SSSR count). The first-order valence-electron chi connectivity index (χ1n) is 5.65. The molecule has 1 aromatic rings. The second-order valence-corrected chi connectivity index (χ2v) is 4.19. The number of carbonyl (C=O) groups excluding carboxylic acids is 2. The normalized spacial score (nSPS) is 18.2. The molecule has 0 aliphatic carbocycles. The third-order valence-electron chi connectivity index (χ3n) is 2.95. The first-order chi connectivity index (χ1) is 9.04. The van der Waals surface area contributed by atoms with Crippen molar-refractivity contribution in [3.63, 3.8) is 0 Å². The van der Waals surface area contributed by atoms with Crippen LogP contribution in [0.3, 0.4) is 0 Å². The Morgan fingerprint density at radius 3 is 2.79 bits per heavy atom. The highest BCUT2D eigenvalue weighted by Crippen LogP contribution is 2.29. The Morgan fingerprint density at radius 2 is 2.16 bits per heavy atom. The molecule has 1 amide bonds. The molecule has 1 aromatic carbocycles. The van der Waals surface area contributed by atoms with Gasteiger partial charge in [-0.2, -0.15) is 0 Å². The Morgan fingerprint density at radius 1 is 1.47 bits per heavy atom. The van der Waals surface area contributed by atoms with Gasteiger partial charge in [-0.25, -0.2) is 4.79 Å². The summed E-state index contributed by atoms with van der Waals surface area (Å²) < 4.78 is 0. The van der Waals surface area contributed by atoms with Crippen molar-refractivity contribution >= 4 is 29.2 Å². The number of para-hydroxylation sites is 1. The quantitative estimate of drug-likeness (QED) is 0.760. The average molecular weight is 260 g/mol. The summed E-state index contributed by atoms with van der Waals surface area (Å²) in [7, 11) is 1.43. The molecule has 1 heterocycles. The van der Waals surface area contributed by atoms with Crippen molar-refractivity contribution < 1.29 is 19.5 Å². The lowest BCUT2D eigenvalue weighted by atomic mass is 10.1. The second-order valence-electron chi connectivity index (χ2n) is 4.19. The molecule has 1 atom stereocenters. The van der Waals surface area contributed by atoms with Crippen LogP contribution in [0.15, 0.2) is 24.3 Å². The second kappa shape index (κ2) is 4.96. The first kappa shape index (κ1) is 12.9. The monoisotopic (exact) mass is 260 g/mol. The Labute approximate surface area is 109 Å². The van der Waals surface area contributed by atoms with Crippen molar-refractivity contribution in [2.24, 2.45) is 0 Å². The van der Waals surface area contributed by atoms with Crippen LogP contribution in [0.25, 0.3) is 5.70 Å². The Hall–Kier alpha value is -2.59. The SMILES string of the molecule is CN1C(=O)C(CC(=O)O)Nc2ccccc2C1=C=O. The highest BCUT2D eigenvalue weighted by Gasteiger charge is 2.32. The van der Waals surface area contributed by atoms with Gasteiger partial charge in [0.1, 0.15) is 11.7 Å². The molecule has 1 aliphatic rings. The number of likely N-dealkylation sites (N-methyl/N-ethyl adjacent to an activating group) is 1. The van der Waals surface area contributed by atoms with Gasteiger partial charge < -0.3 is 15.3 Å². The Kier molecular flexibility index (Phi) is 3.35. The predicted octanol–water partition coefficient (Wildman–Crippen LogP) is 0.586. The van der Waals surface area contributed by atoms with Gasteiger partial charge >= 0.3 is 5.97 Å². The van der Waals surface area contributed by atoms with E-state index in [1.54, 1.807) is 30.2 Å². The molecule has 0 bridgehead atoms. The van der Waals surface area contributed by atoms with Gasteiger partial charge in [-0.1, -0.05) is 18.2 Å². The minimum absolute atomic E-state index is 0.0981. The molecule has 6 heteroatoms. The fourth-order valence-electron chi connectivity index (χ4n) is 2.03. The van der Waals surface area contributed by atoms with Gasteiger partial charge in [0.05, 0.1) is 6.42 Å². The van der Waals surface area contributed by atoms with Crippen LogP contribution in [-0.4, -0.2) is 40.9 Å². The number of rotatable bonds is 2. The zero-order chi connectivity index (χ0) is 14.0. The summed E-state index contributed by atoms with van der Waals surface area (Å²) in [5.74, 6) is 0.176. The van der Waals surface area contributed by atoms with Crippen molar-refractivity contribution in [2.45, 2.75) is 12.5 Å². The molecule has 0 aromatic heterocycles. The lowest BCUT2D eigenvalue weighted by molar-refractivity contribution is -0.140. The van der Waals surface area contributed by atoms with E-state index in [1.807, 2.05) is 0 Å². The Bertz CT molecular complexity index is 590. The number of hydrogen-bond acceptors (Lipinski definition) is 4. The first-order valence-corrected chi connectivity index (χ1v) is 5.65. The number of hydrogen-bond donors (Lipinski definition) is 2. The lowest BCUT2D eigenvalue weighted by Crippen LogP contribution is -2.39. The molecule has 1 aliphatic heterocycles. The van der Waals surface area contributed by atoms with E-state index in [1.165, 1.54) is 7.05 Å². The van der Waals surface area contributed by atoms with Crippen molar-refractivity contribution in [3.05, 3.63) is 29.8 Å². The minimum Gasteiger partial charge on any atom is -0.481 e. The minimum atomic E-state index is -1.09. The highest BCUT2D eigenvalue weighted by atomic mass is 16.4. The summed E-state index contributed by atoms with van der Waals surface area (Å²) in [5.41, 5.74) is 1.17. The number of anilines is 1. The maximum absolute atomic E-state index is 12.1. The number of fused-ring (bicyclic) bond motifs is 1. The number of nitrogens with zero attached hydrogens (tertiary/aromatic N) is 1. The zero-order valence-corrected chi connectivity index (χ0v) is 10.2. The molecular formula is C13H12N2O4. The largest absolute Gasteiger partial charge is 0.481 e. The van der Waals surface area contributed by atoms with Gasteiger partial charge in [-0.05, 0) is 6.07 Å². The number of carboxylic acid groups (broad SMARTS) is 1. The topological polar surface area (TPSA) is 86.7 Å². The lowest BCUT2D eigenvalue weighted by Gasteiger charge is -2.19. The molecule has 0 saturated carbocycles. The number of carbonyl (C=O) groups is 2. The van der Waals surface area contributed by atoms with Gasteiger partial charge in [-0.3, -0.25) is 9.59 Å². The van der Waals surface area contributed by atoms with Crippen molar-refractivity contribution in [2.75, 3.05) is 12.4 Å².